The van der Waals surface area contributed by atoms with Gasteiger partial charge in [-0.25, -0.2) is 9.48 Å². The van der Waals surface area contributed by atoms with E-state index in [-0.39, 0.29) is 17.7 Å². The summed E-state index contributed by atoms with van der Waals surface area (Å²) in [6.07, 6.45) is 7.02. The van der Waals surface area contributed by atoms with Crippen molar-refractivity contribution in [3.05, 3.63) is 42.1 Å². The minimum absolute atomic E-state index is 0.0407. The van der Waals surface area contributed by atoms with E-state index in [2.05, 4.69) is 15.7 Å². The van der Waals surface area contributed by atoms with Crippen LogP contribution in [-0.2, 0) is 6.54 Å². The summed E-state index contributed by atoms with van der Waals surface area (Å²) in [6, 6.07) is 9.59. The Balaban J connectivity index is 1.53. The first-order chi connectivity index (χ1) is 12.2. The van der Waals surface area contributed by atoms with Crippen molar-refractivity contribution in [3.63, 3.8) is 0 Å². The number of carbonyl (C=O) groups is 1. The van der Waals surface area contributed by atoms with E-state index in [4.69, 9.17) is 4.74 Å². The fourth-order valence-electron chi connectivity index (χ4n) is 4.07. The summed E-state index contributed by atoms with van der Waals surface area (Å²) in [5.74, 6) is 1.61. The Morgan fingerprint density at radius 1 is 1.32 bits per heavy atom. The van der Waals surface area contributed by atoms with Gasteiger partial charge < -0.3 is 10.1 Å². The van der Waals surface area contributed by atoms with Crippen molar-refractivity contribution in [1.82, 2.24) is 15.1 Å². The second-order valence-electron chi connectivity index (χ2n) is 6.92. The van der Waals surface area contributed by atoms with Gasteiger partial charge in [0.25, 0.3) is 0 Å². The van der Waals surface area contributed by atoms with E-state index in [0.29, 0.717) is 12.4 Å². The molecule has 6 nitrogen and oxygen atoms in total. The van der Waals surface area contributed by atoms with Crippen LogP contribution < -0.4 is 15.4 Å². The van der Waals surface area contributed by atoms with E-state index in [1.807, 2.05) is 31.2 Å². The third-order valence-electron chi connectivity index (χ3n) is 5.27. The summed E-state index contributed by atoms with van der Waals surface area (Å²) >= 11 is 0. The van der Waals surface area contributed by atoms with Gasteiger partial charge in [0.1, 0.15) is 17.2 Å². The molecular weight excluding hydrogens is 316 g/mol. The Kier molecular flexibility index (Phi) is 4.11. The number of benzene rings is 1. The zero-order valence-corrected chi connectivity index (χ0v) is 14.5. The zero-order valence-electron chi connectivity index (χ0n) is 14.5. The minimum atomic E-state index is -0.204. The van der Waals surface area contributed by atoms with Gasteiger partial charge in [0.2, 0.25) is 0 Å². The topological polar surface area (TPSA) is 68.2 Å². The number of aromatic nitrogens is 2. The summed E-state index contributed by atoms with van der Waals surface area (Å²) in [6.45, 7) is 2.71. The lowest BCUT2D eigenvalue weighted by Gasteiger charge is -2.40. The molecule has 6 heteroatoms. The maximum Gasteiger partial charge on any atom is 0.320 e. The lowest BCUT2D eigenvalue weighted by Crippen LogP contribution is -2.44. The number of urea groups is 1. The quantitative estimate of drug-likeness (QED) is 0.891. The number of fused-ring (bicyclic) bond motifs is 1. The van der Waals surface area contributed by atoms with Crippen molar-refractivity contribution >= 4 is 11.8 Å². The summed E-state index contributed by atoms with van der Waals surface area (Å²) in [7, 11) is 0. The van der Waals surface area contributed by atoms with Crippen LogP contribution >= 0.6 is 0 Å². The molecule has 132 valence electrons. The number of nitrogens with zero attached hydrogens (tertiary/aromatic N) is 2. The van der Waals surface area contributed by atoms with Gasteiger partial charge in [-0.15, -0.1) is 0 Å². The molecule has 1 spiro atoms. The first-order valence-electron chi connectivity index (χ1n) is 9.06. The van der Waals surface area contributed by atoms with Crippen LogP contribution in [0.3, 0.4) is 0 Å². The third kappa shape index (κ3) is 3.08. The predicted octanol–water partition coefficient (Wildman–Crippen LogP) is 3.86. The molecule has 1 saturated carbocycles. The molecule has 2 amide bonds. The van der Waals surface area contributed by atoms with Crippen LogP contribution in [0.4, 0.5) is 10.6 Å². The maximum atomic E-state index is 12.6. The summed E-state index contributed by atoms with van der Waals surface area (Å²) in [5, 5.41) is 10.2. The molecule has 0 radical (unpaired) electrons. The van der Waals surface area contributed by atoms with Gasteiger partial charge in [-0.2, -0.15) is 5.10 Å². The second kappa shape index (κ2) is 6.43. The summed E-state index contributed by atoms with van der Waals surface area (Å²) < 4.78 is 8.11. The molecule has 0 unspecified atom stereocenters. The molecule has 1 aromatic carbocycles. The molecule has 2 aliphatic rings. The van der Waals surface area contributed by atoms with Gasteiger partial charge in [-0.1, -0.05) is 18.2 Å². The molecular formula is C19H24N4O2. The van der Waals surface area contributed by atoms with E-state index < -0.39 is 0 Å². The largest absolute Gasteiger partial charge is 0.487 e. The van der Waals surface area contributed by atoms with Gasteiger partial charge in [0.15, 0.2) is 0 Å². The fourth-order valence-corrected chi connectivity index (χ4v) is 4.07. The Labute approximate surface area is 147 Å². The standard InChI is InChI=1S/C19H24N4O2/c1-2-23-17(9-12-20-23)22-18(24)21-15-13-19(10-5-6-11-19)25-16-8-4-3-7-14(15)16/h3-4,7-9,12,15H,2,5-6,10-11,13H2,1H3,(H2,21,22,24)/t15-/m0/s1. The van der Waals surface area contributed by atoms with Crippen molar-refractivity contribution in [2.24, 2.45) is 0 Å². The number of amides is 2. The molecule has 2 heterocycles. The highest BCUT2D eigenvalue weighted by Crippen LogP contribution is 2.46. The van der Waals surface area contributed by atoms with Crippen LogP contribution in [0.25, 0.3) is 0 Å². The van der Waals surface area contributed by atoms with Crippen molar-refractivity contribution in [3.8, 4) is 5.75 Å². The third-order valence-corrected chi connectivity index (χ3v) is 5.27. The SMILES string of the molecule is CCn1nccc1NC(=O)N[C@H]1CC2(CCCC2)Oc2ccccc21. The second-order valence-corrected chi connectivity index (χ2v) is 6.92. The number of anilines is 1. The van der Waals surface area contributed by atoms with Gasteiger partial charge in [0, 0.05) is 24.6 Å². The smallest absolute Gasteiger partial charge is 0.320 e. The summed E-state index contributed by atoms with van der Waals surface area (Å²) in [4.78, 5) is 12.6. The lowest BCUT2D eigenvalue weighted by molar-refractivity contribution is 0.0388. The number of hydrogen-bond acceptors (Lipinski definition) is 3. The number of ether oxygens (including phenoxy) is 1. The Morgan fingerprint density at radius 3 is 2.92 bits per heavy atom. The van der Waals surface area contributed by atoms with Gasteiger partial charge >= 0.3 is 6.03 Å². The number of aryl methyl sites for hydroxylation is 1. The van der Waals surface area contributed by atoms with Crippen molar-refractivity contribution in [1.29, 1.82) is 0 Å². The Morgan fingerprint density at radius 2 is 2.12 bits per heavy atom. The van der Waals surface area contributed by atoms with E-state index in [9.17, 15) is 4.79 Å². The van der Waals surface area contributed by atoms with Crippen LogP contribution in [0.1, 0.15) is 50.6 Å². The van der Waals surface area contributed by atoms with Gasteiger partial charge in [-0.05, 0) is 38.7 Å². The molecule has 2 N–H and O–H groups in total. The molecule has 1 fully saturated rings. The zero-order chi connectivity index (χ0) is 17.3. The number of rotatable bonds is 3. The normalized spacial score (nSPS) is 20.8. The maximum absolute atomic E-state index is 12.6. The molecule has 0 bridgehead atoms. The average Bonchev–Trinajstić information content (AvgIpc) is 3.24. The minimum Gasteiger partial charge on any atom is -0.487 e. The van der Waals surface area contributed by atoms with Crippen LogP contribution in [0, 0.1) is 0 Å². The van der Waals surface area contributed by atoms with Crippen molar-refractivity contribution in [2.75, 3.05) is 5.32 Å². The molecule has 1 aliphatic carbocycles. The molecule has 1 aromatic heterocycles. The van der Waals surface area contributed by atoms with Crippen molar-refractivity contribution < 1.29 is 9.53 Å². The van der Waals surface area contributed by atoms with Crippen LogP contribution in [0.5, 0.6) is 5.75 Å². The molecule has 1 aliphatic heterocycles. The number of nitrogens with one attached hydrogen (secondary N) is 2. The van der Waals surface area contributed by atoms with E-state index in [0.717, 1.165) is 30.6 Å². The summed E-state index contributed by atoms with van der Waals surface area (Å²) in [5.41, 5.74) is 0.927. The van der Waals surface area contributed by atoms with E-state index in [1.54, 1.807) is 16.9 Å². The number of para-hydroxylation sites is 1. The van der Waals surface area contributed by atoms with E-state index in [1.165, 1.54) is 12.8 Å². The molecule has 0 saturated heterocycles. The molecule has 25 heavy (non-hydrogen) atoms. The highest BCUT2D eigenvalue weighted by Gasteiger charge is 2.43. The highest BCUT2D eigenvalue weighted by molar-refractivity contribution is 5.88. The molecule has 2 aromatic rings. The first-order valence-corrected chi connectivity index (χ1v) is 9.06. The van der Waals surface area contributed by atoms with Crippen LogP contribution in [0.2, 0.25) is 0 Å². The number of carbonyl (C=O) groups excluding carboxylic acids is 1. The highest BCUT2D eigenvalue weighted by atomic mass is 16.5. The lowest BCUT2D eigenvalue weighted by atomic mass is 9.86. The van der Waals surface area contributed by atoms with E-state index >= 15 is 0 Å². The number of hydrogen-bond donors (Lipinski definition) is 2. The predicted molar refractivity (Wildman–Crippen MR) is 95.7 cm³/mol. The Hall–Kier alpha value is -2.50. The Bertz CT molecular complexity index is 764. The fraction of sp³-hybridized carbons (Fsp3) is 0.474. The van der Waals surface area contributed by atoms with Crippen LogP contribution in [0.15, 0.2) is 36.5 Å². The average molecular weight is 340 g/mol. The first kappa shape index (κ1) is 16.0. The van der Waals surface area contributed by atoms with Crippen LogP contribution in [-0.4, -0.2) is 21.4 Å². The molecule has 1 atom stereocenters. The monoisotopic (exact) mass is 340 g/mol. The van der Waals surface area contributed by atoms with Gasteiger partial charge in [0.05, 0.1) is 12.2 Å². The van der Waals surface area contributed by atoms with Crippen molar-refractivity contribution in [2.45, 2.75) is 57.2 Å². The van der Waals surface area contributed by atoms with Gasteiger partial charge in [-0.3, -0.25) is 5.32 Å². The molecule has 4 rings (SSSR count).